The highest BCUT2D eigenvalue weighted by Gasteiger charge is 2.29. The van der Waals surface area contributed by atoms with Gasteiger partial charge in [-0.3, -0.25) is 4.98 Å². The largest absolute Gasteiger partial charge is 0.309 e. The maximum absolute atomic E-state index is 6.22. The smallest absolute Gasteiger partial charge is 0.0794 e. The topological polar surface area (TPSA) is 35.6 Å². The fraction of sp³-hybridized carbons (Fsp3) is 0.0500. The molecule has 0 fully saturated rings. The highest BCUT2D eigenvalue weighted by Crippen LogP contribution is 2.53. The van der Waals surface area contributed by atoms with Crippen LogP contribution < -0.4 is 0 Å². The molecule has 0 N–H and O–H groups in total. The first-order valence-corrected chi connectivity index (χ1v) is 31.1. The molecule has 0 aliphatic heterocycles. The van der Waals surface area contributed by atoms with Crippen molar-refractivity contribution in [1.82, 2.24) is 19.1 Å². The molecule has 0 aliphatic rings. The van der Waals surface area contributed by atoms with E-state index in [4.69, 9.17) is 9.97 Å². The van der Waals surface area contributed by atoms with E-state index in [1.165, 1.54) is 106 Å². The second-order valence-electron chi connectivity index (χ2n) is 23.2. The number of aryl methyl sites for hydroxylation is 4. The van der Waals surface area contributed by atoms with Crippen LogP contribution in [0.1, 0.15) is 22.3 Å². The lowest BCUT2D eigenvalue weighted by molar-refractivity contribution is 1.18. The summed E-state index contributed by atoms with van der Waals surface area (Å²) in [5, 5.41) is 9.98. The van der Waals surface area contributed by atoms with Crippen LogP contribution in [0.2, 0.25) is 0 Å². The number of benzene rings is 11. The summed E-state index contributed by atoms with van der Waals surface area (Å²) in [4.78, 5) is 11.0. The Hall–Kier alpha value is -10.2. The Bertz CT molecular complexity index is 5200. The van der Waals surface area contributed by atoms with Crippen LogP contribution in [0.25, 0.3) is 162 Å². The fourth-order valence-corrected chi connectivity index (χ4v) is 15.8. The molecule has 86 heavy (non-hydrogen) atoms. The van der Waals surface area contributed by atoms with E-state index < -0.39 is 0 Å². The second kappa shape index (κ2) is 19.7. The third kappa shape index (κ3) is 8.01. The predicted octanol–water partition coefficient (Wildman–Crippen LogP) is 22.6. The SMILES string of the molecule is Cc1ccc2c(c1)c1cc(C)ccc1n2-c1ccc(-c2c(-c3ccc4sc5ccccc5c4c3)nc(-c3ccc4sc5ccccc5c4c3)c(-c3ccc(-n4c5ccc(C)cc5c5cc(C)ccc54)cc3)c2-c2ccccc2-c2cccnc2)cc1. The van der Waals surface area contributed by atoms with Gasteiger partial charge < -0.3 is 9.13 Å². The Morgan fingerprint density at radius 1 is 0.291 bits per heavy atom. The van der Waals surface area contributed by atoms with Crippen LogP contribution in [0.3, 0.4) is 0 Å². The van der Waals surface area contributed by atoms with Crippen molar-refractivity contribution in [3.05, 3.63) is 277 Å². The zero-order valence-electron chi connectivity index (χ0n) is 47.9. The van der Waals surface area contributed by atoms with E-state index in [1.807, 2.05) is 41.1 Å². The highest BCUT2D eigenvalue weighted by molar-refractivity contribution is 7.26. The van der Waals surface area contributed by atoms with Crippen molar-refractivity contribution in [2.45, 2.75) is 27.7 Å². The minimum absolute atomic E-state index is 0.912. The summed E-state index contributed by atoms with van der Waals surface area (Å²) >= 11 is 3.69. The summed E-state index contributed by atoms with van der Waals surface area (Å²) in [5.74, 6) is 0. The summed E-state index contributed by atoms with van der Waals surface area (Å²) < 4.78 is 9.90. The molecule has 6 aromatic heterocycles. The molecule has 17 rings (SSSR count). The van der Waals surface area contributed by atoms with E-state index in [-0.39, 0.29) is 0 Å². The standard InChI is InChI=1S/C80H54N4S2/c1-47-19-33-68-62(40-47)63-41-48(2)20-34-69(63)83(68)56-29-23-51(24-30-56)76-78(61-16-6-5-13-58(61)55-12-11-39-81-46-55)77(52-25-31-57(32-26-52)84-70-35-21-49(3)42-64(70)65-43-50(4)22-36-71(65)84)80(54-28-38-75-67(45-54)60-15-8-10-18-73(60)86-75)82-79(76)53-27-37-74-66(44-53)59-14-7-9-17-72(59)85-74/h5-46H,1-4H3. The monoisotopic (exact) mass is 1130 g/mol. The fourth-order valence-electron chi connectivity index (χ4n) is 13.7. The van der Waals surface area contributed by atoms with Crippen molar-refractivity contribution >= 4 is 107 Å². The first-order valence-electron chi connectivity index (χ1n) is 29.4. The van der Waals surface area contributed by atoms with E-state index in [9.17, 15) is 0 Å². The Morgan fingerprint density at radius 3 is 1.12 bits per heavy atom. The first kappa shape index (κ1) is 50.3. The molecular formula is C80H54N4S2. The molecule has 0 atom stereocenters. The summed E-state index contributed by atoms with van der Waals surface area (Å²) in [6.07, 6.45) is 3.86. The average molecular weight is 1140 g/mol. The number of nitrogens with zero attached hydrogens (tertiary/aromatic N) is 4. The molecule has 11 aromatic carbocycles. The van der Waals surface area contributed by atoms with Crippen molar-refractivity contribution in [1.29, 1.82) is 0 Å². The number of pyridine rings is 2. The molecule has 0 bridgehead atoms. The molecule has 0 saturated heterocycles. The number of fused-ring (bicyclic) bond motifs is 12. The van der Waals surface area contributed by atoms with Gasteiger partial charge in [0.05, 0.1) is 33.5 Å². The molecule has 4 nitrogen and oxygen atoms in total. The minimum atomic E-state index is 0.912. The molecule has 0 aliphatic carbocycles. The molecule has 0 unspecified atom stereocenters. The van der Waals surface area contributed by atoms with Crippen molar-refractivity contribution < 1.29 is 0 Å². The molecule has 6 heterocycles. The highest BCUT2D eigenvalue weighted by atomic mass is 32.1. The van der Waals surface area contributed by atoms with Gasteiger partial charge in [0.25, 0.3) is 0 Å². The summed E-state index contributed by atoms with van der Waals surface area (Å²) in [5.41, 5.74) is 24.4. The Labute approximate surface area is 505 Å². The molecular weight excluding hydrogens is 1080 g/mol. The lowest BCUT2D eigenvalue weighted by atomic mass is 9.81. The normalized spacial score (nSPS) is 12.0. The van der Waals surface area contributed by atoms with E-state index in [1.54, 1.807) is 0 Å². The zero-order valence-corrected chi connectivity index (χ0v) is 49.5. The lowest BCUT2D eigenvalue weighted by Crippen LogP contribution is -2.03. The number of hydrogen-bond acceptors (Lipinski definition) is 4. The molecule has 406 valence electrons. The van der Waals surface area contributed by atoms with Gasteiger partial charge in [0, 0.05) is 119 Å². The zero-order chi connectivity index (χ0) is 57.3. The van der Waals surface area contributed by atoms with Crippen molar-refractivity contribution in [2.24, 2.45) is 0 Å². The predicted molar refractivity (Wildman–Crippen MR) is 368 cm³/mol. The van der Waals surface area contributed by atoms with E-state index in [0.717, 1.165) is 78.4 Å². The van der Waals surface area contributed by atoms with Crippen LogP contribution in [0.5, 0.6) is 0 Å². The van der Waals surface area contributed by atoms with Crippen LogP contribution in [0.15, 0.2) is 255 Å². The first-order chi connectivity index (χ1) is 42.3. The van der Waals surface area contributed by atoms with Gasteiger partial charge in [0.15, 0.2) is 0 Å². The van der Waals surface area contributed by atoms with E-state index >= 15 is 0 Å². The van der Waals surface area contributed by atoms with Gasteiger partial charge in [-0.05, 0) is 165 Å². The van der Waals surface area contributed by atoms with Gasteiger partial charge in [0.1, 0.15) is 0 Å². The lowest BCUT2D eigenvalue weighted by Gasteiger charge is -2.25. The number of aromatic nitrogens is 4. The van der Waals surface area contributed by atoms with Gasteiger partial charge >= 0.3 is 0 Å². The van der Waals surface area contributed by atoms with Gasteiger partial charge in [-0.1, -0.05) is 150 Å². The molecule has 0 saturated carbocycles. The Morgan fingerprint density at radius 2 is 0.686 bits per heavy atom. The third-order valence-electron chi connectivity index (χ3n) is 17.6. The van der Waals surface area contributed by atoms with Crippen molar-refractivity contribution in [3.8, 4) is 78.4 Å². The summed E-state index contributed by atoms with van der Waals surface area (Å²) in [6.45, 7) is 8.74. The molecule has 6 heteroatoms. The second-order valence-corrected chi connectivity index (χ2v) is 25.4. The summed E-state index contributed by atoms with van der Waals surface area (Å²) in [7, 11) is 0. The Balaban J connectivity index is 1.00. The van der Waals surface area contributed by atoms with Gasteiger partial charge in [-0.15, -0.1) is 22.7 Å². The van der Waals surface area contributed by atoms with Crippen LogP contribution in [-0.4, -0.2) is 19.1 Å². The van der Waals surface area contributed by atoms with Crippen molar-refractivity contribution in [3.63, 3.8) is 0 Å². The summed E-state index contributed by atoms with van der Waals surface area (Å²) in [6, 6.07) is 90.8. The van der Waals surface area contributed by atoms with Gasteiger partial charge in [-0.2, -0.15) is 0 Å². The molecule has 0 radical (unpaired) electrons. The number of thiophene rings is 2. The minimum Gasteiger partial charge on any atom is -0.309 e. The van der Waals surface area contributed by atoms with Crippen LogP contribution in [0, 0.1) is 27.7 Å². The quantitative estimate of drug-likeness (QED) is 0.152. The van der Waals surface area contributed by atoms with Crippen LogP contribution >= 0.6 is 22.7 Å². The van der Waals surface area contributed by atoms with Gasteiger partial charge in [0.2, 0.25) is 0 Å². The molecule has 17 aromatic rings. The molecule has 0 spiro atoms. The average Bonchev–Trinajstić information content (AvgIpc) is 1.18. The van der Waals surface area contributed by atoms with Crippen LogP contribution in [-0.2, 0) is 0 Å². The van der Waals surface area contributed by atoms with Crippen molar-refractivity contribution in [2.75, 3.05) is 0 Å². The van der Waals surface area contributed by atoms with Gasteiger partial charge in [-0.25, -0.2) is 4.98 Å². The number of hydrogen-bond donors (Lipinski definition) is 0. The third-order valence-corrected chi connectivity index (χ3v) is 20.0. The molecule has 0 amide bonds. The maximum Gasteiger partial charge on any atom is 0.0794 e. The van der Waals surface area contributed by atoms with Crippen LogP contribution in [0.4, 0.5) is 0 Å². The van der Waals surface area contributed by atoms with E-state index in [0.29, 0.717) is 0 Å². The van der Waals surface area contributed by atoms with E-state index in [2.05, 4.69) is 273 Å². The Kier molecular flexibility index (Phi) is 11.5. The number of rotatable bonds is 8. The maximum atomic E-state index is 6.22.